The Morgan fingerprint density at radius 3 is 2.66 bits per heavy atom. The van der Waals surface area contributed by atoms with E-state index in [9.17, 15) is 4.79 Å². The molecule has 6 rings (SSSR count). The molecular formula is C30H24ClFN4O2. The highest BCUT2D eigenvalue weighted by atomic mass is 35.5. The first-order valence-corrected chi connectivity index (χ1v) is 12.7. The van der Waals surface area contributed by atoms with Crippen LogP contribution in [0.5, 0.6) is 0 Å². The maximum Gasteiger partial charge on any atom is 0.256 e. The van der Waals surface area contributed by atoms with E-state index in [-0.39, 0.29) is 11.7 Å². The Bertz CT molecular complexity index is 1700. The summed E-state index contributed by atoms with van der Waals surface area (Å²) in [6.45, 7) is 4.22. The Labute approximate surface area is 224 Å². The van der Waals surface area contributed by atoms with Gasteiger partial charge in [0.2, 0.25) is 0 Å². The summed E-state index contributed by atoms with van der Waals surface area (Å²) < 4.78 is 21.0. The molecule has 1 amide bonds. The lowest BCUT2D eigenvalue weighted by atomic mass is 9.96. The van der Waals surface area contributed by atoms with Crippen LogP contribution in [0, 0.1) is 12.7 Å². The third-order valence-corrected chi connectivity index (χ3v) is 7.38. The van der Waals surface area contributed by atoms with Crippen molar-refractivity contribution in [1.82, 2.24) is 9.97 Å². The van der Waals surface area contributed by atoms with E-state index < -0.39 is 0 Å². The van der Waals surface area contributed by atoms with Crippen molar-refractivity contribution in [3.05, 3.63) is 95.0 Å². The Kier molecular flexibility index (Phi) is 6.39. The molecule has 1 N–H and O–H groups in total. The number of morpholine rings is 1. The molecule has 1 aliphatic heterocycles. The van der Waals surface area contributed by atoms with Crippen LogP contribution in [-0.2, 0) is 4.74 Å². The van der Waals surface area contributed by atoms with Gasteiger partial charge in [-0.05, 0) is 48.4 Å². The number of amides is 1. The Morgan fingerprint density at radius 2 is 1.82 bits per heavy atom. The molecule has 1 saturated heterocycles. The number of ether oxygens (including phenoxy) is 1. The smallest absolute Gasteiger partial charge is 0.256 e. The SMILES string of the molecule is Cc1c(Cl)cccc1-c1c(F)ccc2c(N3CCOCC3)c(NC(=O)c3ccnc4ccccc34)cnc12. The zero-order valence-corrected chi connectivity index (χ0v) is 21.4. The molecule has 0 aliphatic carbocycles. The molecule has 1 fully saturated rings. The molecule has 1 aliphatic rings. The van der Waals surface area contributed by atoms with Gasteiger partial charge in [0, 0.05) is 40.6 Å². The van der Waals surface area contributed by atoms with Gasteiger partial charge < -0.3 is 15.0 Å². The average molecular weight is 527 g/mol. The van der Waals surface area contributed by atoms with Gasteiger partial charge in [0.05, 0.1) is 47.4 Å². The minimum atomic E-state index is -0.386. The van der Waals surface area contributed by atoms with Crippen molar-refractivity contribution in [2.24, 2.45) is 0 Å². The van der Waals surface area contributed by atoms with Gasteiger partial charge in [-0.3, -0.25) is 14.8 Å². The number of pyridine rings is 2. The summed E-state index contributed by atoms with van der Waals surface area (Å²) in [7, 11) is 0. The van der Waals surface area contributed by atoms with E-state index in [2.05, 4.69) is 20.2 Å². The first kappa shape index (κ1) is 24.3. The Hall–Kier alpha value is -4.07. The Morgan fingerprint density at radius 1 is 1.00 bits per heavy atom. The lowest BCUT2D eigenvalue weighted by Gasteiger charge is -2.31. The molecule has 0 unspecified atom stereocenters. The first-order chi connectivity index (χ1) is 18.5. The molecule has 0 radical (unpaired) electrons. The van der Waals surface area contributed by atoms with E-state index in [0.717, 1.165) is 27.5 Å². The van der Waals surface area contributed by atoms with E-state index in [4.69, 9.17) is 16.3 Å². The molecule has 2 aromatic heterocycles. The van der Waals surface area contributed by atoms with Gasteiger partial charge in [-0.15, -0.1) is 0 Å². The van der Waals surface area contributed by atoms with Gasteiger partial charge in [-0.1, -0.05) is 41.9 Å². The molecule has 0 spiro atoms. The van der Waals surface area contributed by atoms with Crippen molar-refractivity contribution in [2.45, 2.75) is 6.92 Å². The topological polar surface area (TPSA) is 67.3 Å². The highest BCUT2D eigenvalue weighted by Gasteiger charge is 2.24. The molecule has 0 atom stereocenters. The lowest BCUT2D eigenvalue weighted by molar-refractivity contribution is 0.102. The number of aromatic nitrogens is 2. The third-order valence-electron chi connectivity index (χ3n) is 6.97. The molecule has 5 aromatic rings. The van der Waals surface area contributed by atoms with Crippen LogP contribution >= 0.6 is 11.6 Å². The van der Waals surface area contributed by atoms with E-state index in [0.29, 0.717) is 59.2 Å². The van der Waals surface area contributed by atoms with Crippen LogP contribution in [0.25, 0.3) is 32.9 Å². The van der Waals surface area contributed by atoms with Crippen molar-refractivity contribution in [3.8, 4) is 11.1 Å². The summed E-state index contributed by atoms with van der Waals surface area (Å²) in [5.41, 5.74) is 4.93. The second-order valence-electron chi connectivity index (χ2n) is 9.18. The number of para-hydroxylation sites is 1. The molecule has 0 saturated carbocycles. The monoisotopic (exact) mass is 526 g/mol. The summed E-state index contributed by atoms with van der Waals surface area (Å²) in [6, 6.07) is 17.8. The molecule has 3 aromatic carbocycles. The van der Waals surface area contributed by atoms with Gasteiger partial charge in [0.1, 0.15) is 5.82 Å². The number of carbonyl (C=O) groups excluding carboxylic acids is 1. The average Bonchev–Trinajstić information content (AvgIpc) is 2.95. The van der Waals surface area contributed by atoms with Gasteiger partial charge in [0.15, 0.2) is 0 Å². The number of rotatable bonds is 4. The van der Waals surface area contributed by atoms with Gasteiger partial charge >= 0.3 is 0 Å². The van der Waals surface area contributed by atoms with Crippen LogP contribution in [-0.4, -0.2) is 42.2 Å². The fourth-order valence-electron chi connectivity index (χ4n) is 5.06. The number of carbonyl (C=O) groups is 1. The minimum Gasteiger partial charge on any atom is -0.378 e. The number of nitrogens with zero attached hydrogens (tertiary/aromatic N) is 3. The second kappa shape index (κ2) is 10.0. The first-order valence-electron chi connectivity index (χ1n) is 12.4. The molecule has 0 bridgehead atoms. The predicted octanol–water partition coefficient (Wildman–Crippen LogP) is 6.64. The van der Waals surface area contributed by atoms with Crippen molar-refractivity contribution in [3.63, 3.8) is 0 Å². The van der Waals surface area contributed by atoms with E-state index in [1.807, 2.05) is 37.3 Å². The van der Waals surface area contributed by atoms with Crippen LogP contribution in [0.3, 0.4) is 0 Å². The summed E-state index contributed by atoms with van der Waals surface area (Å²) in [5, 5.41) is 5.13. The summed E-state index contributed by atoms with van der Waals surface area (Å²) in [5.74, 6) is -0.657. The summed E-state index contributed by atoms with van der Waals surface area (Å²) in [4.78, 5) is 24.7. The van der Waals surface area contributed by atoms with Crippen molar-refractivity contribution >= 4 is 50.7 Å². The number of fused-ring (bicyclic) bond motifs is 2. The summed E-state index contributed by atoms with van der Waals surface area (Å²) in [6.07, 6.45) is 3.23. The highest BCUT2D eigenvalue weighted by Crippen LogP contribution is 2.41. The lowest BCUT2D eigenvalue weighted by Crippen LogP contribution is -2.37. The fourth-order valence-corrected chi connectivity index (χ4v) is 5.24. The Balaban J connectivity index is 1.52. The van der Waals surface area contributed by atoms with Crippen LogP contribution < -0.4 is 10.2 Å². The number of anilines is 2. The maximum atomic E-state index is 15.4. The molecular weight excluding hydrogens is 503 g/mol. The van der Waals surface area contributed by atoms with Crippen LogP contribution in [0.4, 0.5) is 15.8 Å². The normalized spacial score (nSPS) is 13.7. The van der Waals surface area contributed by atoms with Gasteiger partial charge in [-0.2, -0.15) is 0 Å². The minimum absolute atomic E-state index is 0.271. The fraction of sp³-hybridized carbons (Fsp3) is 0.167. The number of hydrogen-bond acceptors (Lipinski definition) is 5. The largest absolute Gasteiger partial charge is 0.378 e. The number of benzene rings is 3. The zero-order valence-electron chi connectivity index (χ0n) is 20.7. The van der Waals surface area contributed by atoms with Gasteiger partial charge in [0.25, 0.3) is 5.91 Å². The van der Waals surface area contributed by atoms with E-state index in [1.165, 1.54) is 6.07 Å². The number of nitrogens with one attached hydrogen (secondary N) is 1. The molecule has 6 nitrogen and oxygen atoms in total. The molecule has 8 heteroatoms. The zero-order chi connectivity index (χ0) is 26.2. The van der Waals surface area contributed by atoms with Crippen molar-refractivity contribution in [1.29, 1.82) is 0 Å². The standard InChI is InChI=1S/C30H24ClFN4O2/c1-18-19(6-4-7-23(18)31)27-24(32)10-9-22-28(27)34-17-26(29(22)36-13-15-38-16-14-36)35-30(37)21-11-12-33-25-8-3-2-5-20(21)25/h2-12,17H,13-16H2,1H3,(H,35,37). The van der Waals surface area contributed by atoms with Gasteiger partial charge in [-0.25, -0.2) is 4.39 Å². The van der Waals surface area contributed by atoms with E-state index >= 15 is 4.39 Å². The maximum absolute atomic E-state index is 15.4. The van der Waals surface area contributed by atoms with Crippen LogP contribution in [0.15, 0.2) is 73.1 Å². The molecule has 3 heterocycles. The van der Waals surface area contributed by atoms with Crippen LogP contribution in [0.1, 0.15) is 15.9 Å². The number of hydrogen-bond donors (Lipinski definition) is 1. The number of halogens is 2. The highest BCUT2D eigenvalue weighted by molar-refractivity contribution is 6.31. The molecule has 190 valence electrons. The van der Waals surface area contributed by atoms with Crippen molar-refractivity contribution in [2.75, 3.05) is 36.5 Å². The van der Waals surface area contributed by atoms with E-state index in [1.54, 1.807) is 36.7 Å². The van der Waals surface area contributed by atoms with Crippen LogP contribution in [0.2, 0.25) is 5.02 Å². The summed E-state index contributed by atoms with van der Waals surface area (Å²) >= 11 is 6.39. The predicted molar refractivity (Wildman–Crippen MR) is 150 cm³/mol. The van der Waals surface area contributed by atoms with Crippen molar-refractivity contribution < 1.29 is 13.9 Å². The molecule has 38 heavy (non-hydrogen) atoms. The third kappa shape index (κ3) is 4.23. The second-order valence-corrected chi connectivity index (χ2v) is 9.59. The quantitative estimate of drug-likeness (QED) is 0.284.